The van der Waals surface area contributed by atoms with E-state index in [4.69, 9.17) is 33.6 Å². The van der Waals surface area contributed by atoms with Gasteiger partial charge < -0.3 is 5.11 Å². The van der Waals surface area contributed by atoms with Crippen LogP contribution in [0.1, 0.15) is 5.56 Å². The van der Waals surface area contributed by atoms with E-state index < -0.39 is 5.92 Å². The number of aliphatic hydroxyl groups excluding tert-OH is 1. The molecular formula is C10H9Cl2NO. The number of aliphatic hydroxyl groups is 1. The lowest BCUT2D eigenvalue weighted by Gasteiger charge is -2.08. The molecule has 1 atom stereocenters. The number of rotatable bonds is 3. The zero-order chi connectivity index (χ0) is 10.6. The van der Waals surface area contributed by atoms with Crippen molar-refractivity contribution in [2.45, 2.75) is 6.42 Å². The molecule has 0 radical (unpaired) electrons. The van der Waals surface area contributed by atoms with Crippen molar-refractivity contribution in [1.29, 1.82) is 5.26 Å². The first-order chi connectivity index (χ1) is 6.69. The third-order valence-electron chi connectivity index (χ3n) is 1.92. The van der Waals surface area contributed by atoms with Gasteiger partial charge in [-0.05, 0) is 24.1 Å². The van der Waals surface area contributed by atoms with E-state index >= 15 is 0 Å². The number of nitriles is 1. The second kappa shape index (κ2) is 5.21. The van der Waals surface area contributed by atoms with Crippen LogP contribution in [0.3, 0.4) is 0 Å². The third-order valence-corrected chi connectivity index (χ3v) is 2.62. The summed E-state index contributed by atoms with van der Waals surface area (Å²) in [5, 5.41) is 18.6. The van der Waals surface area contributed by atoms with Crippen LogP contribution in [-0.4, -0.2) is 11.7 Å². The molecule has 1 unspecified atom stereocenters. The molecule has 1 aromatic rings. The molecule has 0 saturated carbocycles. The Bertz CT molecular complexity index is 339. The van der Waals surface area contributed by atoms with Gasteiger partial charge in [0.15, 0.2) is 0 Å². The predicted molar refractivity (Wildman–Crippen MR) is 56.4 cm³/mol. The van der Waals surface area contributed by atoms with Gasteiger partial charge in [0, 0.05) is 10.0 Å². The van der Waals surface area contributed by atoms with Crippen LogP contribution >= 0.6 is 23.2 Å². The lowest BCUT2D eigenvalue weighted by Crippen LogP contribution is -2.07. The Morgan fingerprint density at radius 2 is 1.93 bits per heavy atom. The van der Waals surface area contributed by atoms with E-state index in [9.17, 15) is 0 Å². The Kier molecular flexibility index (Phi) is 4.21. The molecule has 0 aliphatic rings. The van der Waals surface area contributed by atoms with Gasteiger partial charge in [0.05, 0.1) is 18.6 Å². The molecule has 1 N–H and O–H groups in total. The van der Waals surface area contributed by atoms with Crippen LogP contribution in [-0.2, 0) is 6.42 Å². The molecule has 2 nitrogen and oxygen atoms in total. The molecule has 0 heterocycles. The fourth-order valence-electron chi connectivity index (χ4n) is 1.12. The van der Waals surface area contributed by atoms with Crippen LogP contribution in [0, 0.1) is 17.2 Å². The van der Waals surface area contributed by atoms with E-state index in [1.54, 1.807) is 18.2 Å². The van der Waals surface area contributed by atoms with E-state index in [0.717, 1.165) is 5.56 Å². The molecule has 14 heavy (non-hydrogen) atoms. The van der Waals surface area contributed by atoms with Crippen molar-refractivity contribution in [1.82, 2.24) is 0 Å². The molecular weight excluding hydrogens is 221 g/mol. The van der Waals surface area contributed by atoms with Crippen molar-refractivity contribution in [2.24, 2.45) is 5.92 Å². The summed E-state index contributed by atoms with van der Waals surface area (Å²) in [7, 11) is 0. The number of benzene rings is 1. The molecule has 0 fully saturated rings. The van der Waals surface area contributed by atoms with Crippen molar-refractivity contribution < 1.29 is 5.11 Å². The van der Waals surface area contributed by atoms with E-state index in [1.807, 2.05) is 6.07 Å². The molecule has 0 aliphatic heterocycles. The zero-order valence-corrected chi connectivity index (χ0v) is 8.89. The van der Waals surface area contributed by atoms with E-state index in [2.05, 4.69) is 0 Å². The quantitative estimate of drug-likeness (QED) is 0.867. The fraction of sp³-hybridized carbons (Fsp3) is 0.300. The van der Waals surface area contributed by atoms with Gasteiger partial charge in [-0.25, -0.2) is 0 Å². The molecule has 1 rings (SSSR count). The van der Waals surface area contributed by atoms with Crippen LogP contribution in [0.2, 0.25) is 10.0 Å². The van der Waals surface area contributed by atoms with Crippen LogP contribution in [0.25, 0.3) is 0 Å². The largest absolute Gasteiger partial charge is 0.395 e. The van der Waals surface area contributed by atoms with Crippen molar-refractivity contribution >= 4 is 23.2 Å². The van der Waals surface area contributed by atoms with Gasteiger partial charge >= 0.3 is 0 Å². The monoisotopic (exact) mass is 229 g/mol. The van der Waals surface area contributed by atoms with Crippen LogP contribution in [0.5, 0.6) is 0 Å². The van der Waals surface area contributed by atoms with Gasteiger partial charge in [-0.3, -0.25) is 0 Å². The number of nitrogens with zero attached hydrogens (tertiary/aromatic N) is 1. The summed E-state index contributed by atoms with van der Waals surface area (Å²) < 4.78 is 0. The third kappa shape index (κ3) is 2.62. The van der Waals surface area contributed by atoms with Crippen molar-refractivity contribution in [3.63, 3.8) is 0 Å². The molecule has 0 aliphatic carbocycles. The Morgan fingerprint density at radius 1 is 1.36 bits per heavy atom. The van der Waals surface area contributed by atoms with E-state index in [0.29, 0.717) is 16.5 Å². The summed E-state index contributed by atoms with van der Waals surface area (Å²) in [6.07, 6.45) is 0.380. The Hall–Kier alpha value is -0.750. The maximum atomic E-state index is 8.86. The molecule has 1 aromatic carbocycles. The molecule has 74 valence electrons. The minimum absolute atomic E-state index is 0.182. The highest BCUT2D eigenvalue weighted by Crippen LogP contribution is 2.26. The van der Waals surface area contributed by atoms with Gasteiger partial charge in [-0.1, -0.05) is 29.3 Å². The van der Waals surface area contributed by atoms with Crippen molar-refractivity contribution in [3.8, 4) is 6.07 Å². The smallest absolute Gasteiger partial charge is 0.0735 e. The highest BCUT2D eigenvalue weighted by atomic mass is 35.5. The highest BCUT2D eigenvalue weighted by molar-refractivity contribution is 6.35. The summed E-state index contributed by atoms with van der Waals surface area (Å²) in [4.78, 5) is 0. The first-order valence-corrected chi connectivity index (χ1v) is 4.88. The van der Waals surface area contributed by atoms with E-state index in [1.165, 1.54) is 0 Å². The maximum absolute atomic E-state index is 8.86. The van der Waals surface area contributed by atoms with Crippen LogP contribution in [0.15, 0.2) is 18.2 Å². The number of hydrogen-bond acceptors (Lipinski definition) is 2. The number of hydrogen-bond donors (Lipinski definition) is 1. The lowest BCUT2D eigenvalue weighted by atomic mass is 10.0. The van der Waals surface area contributed by atoms with Crippen LogP contribution in [0.4, 0.5) is 0 Å². The lowest BCUT2D eigenvalue weighted by molar-refractivity contribution is 0.255. The molecule has 0 saturated heterocycles. The summed E-state index contributed by atoms with van der Waals surface area (Å²) >= 11 is 11.8. The Morgan fingerprint density at radius 3 is 2.36 bits per heavy atom. The first-order valence-electron chi connectivity index (χ1n) is 4.12. The minimum Gasteiger partial charge on any atom is -0.395 e. The van der Waals surface area contributed by atoms with Gasteiger partial charge in [-0.15, -0.1) is 0 Å². The normalized spacial score (nSPS) is 12.1. The van der Waals surface area contributed by atoms with Crippen LogP contribution < -0.4 is 0 Å². The number of halogens is 2. The summed E-state index contributed by atoms with van der Waals surface area (Å²) in [5.74, 6) is -0.451. The fourth-order valence-corrected chi connectivity index (χ4v) is 1.68. The zero-order valence-electron chi connectivity index (χ0n) is 7.37. The van der Waals surface area contributed by atoms with Gasteiger partial charge in [-0.2, -0.15) is 5.26 Å². The SMILES string of the molecule is N#CC(CO)Cc1c(Cl)cccc1Cl. The average molecular weight is 230 g/mol. The average Bonchev–Trinajstić information content (AvgIpc) is 2.18. The van der Waals surface area contributed by atoms with Crippen molar-refractivity contribution in [2.75, 3.05) is 6.61 Å². The summed E-state index contributed by atoms with van der Waals surface area (Å²) in [6, 6.07) is 7.17. The van der Waals surface area contributed by atoms with E-state index in [-0.39, 0.29) is 6.61 Å². The topological polar surface area (TPSA) is 44.0 Å². The van der Waals surface area contributed by atoms with Gasteiger partial charge in [0.1, 0.15) is 0 Å². The summed E-state index contributed by atoms with van der Waals surface area (Å²) in [6.45, 7) is -0.182. The second-order valence-electron chi connectivity index (χ2n) is 2.91. The molecule has 0 bridgehead atoms. The maximum Gasteiger partial charge on any atom is 0.0735 e. The first kappa shape index (κ1) is 11.3. The second-order valence-corrected chi connectivity index (χ2v) is 3.73. The molecule has 4 heteroatoms. The van der Waals surface area contributed by atoms with Gasteiger partial charge in [0.25, 0.3) is 0 Å². The standard InChI is InChI=1S/C10H9Cl2NO/c11-9-2-1-3-10(12)8(9)4-7(5-13)6-14/h1-3,7,14H,4,6H2. The summed E-state index contributed by atoms with van der Waals surface area (Å²) in [5.41, 5.74) is 0.719. The Balaban J connectivity index is 2.91. The molecule has 0 aromatic heterocycles. The highest BCUT2D eigenvalue weighted by Gasteiger charge is 2.12. The minimum atomic E-state index is -0.451. The van der Waals surface area contributed by atoms with Gasteiger partial charge in [0.2, 0.25) is 0 Å². The Labute approximate surface area is 92.7 Å². The predicted octanol–water partition coefficient (Wildman–Crippen LogP) is 2.67. The van der Waals surface area contributed by atoms with Crippen molar-refractivity contribution in [3.05, 3.63) is 33.8 Å². The molecule has 0 spiro atoms. The molecule has 0 amide bonds.